The fraction of sp³-hybridized carbons (Fsp3) is 0.464. The third-order valence-electron chi connectivity index (χ3n) is 7.56. The molecule has 6 rings (SSSR count). The standard InChI is InChI=1S/C28H34N4OS/c1-31-25-12-16-34-27(25)18-26(31)28-30-24(21-7-3-8-21)19-32(28)15-4-6-20-5-2-9-23(17-20)33-22-10-13-29-14-11-22/h2,5,9,12,16-19,21-22,29H,3-4,6-8,10-11,13-15H2,1H3. The molecule has 1 N–H and O–H groups in total. The van der Waals surface area contributed by atoms with Crippen molar-refractivity contribution in [1.29, 1.82) is 0 Å². The summed E-state index contributed by atoms with van der Waals surface area (Å²) in [6.45, 7) is 3.09. The van der Waals surface area contributed by atoms with E-state index in [-0.39, 0.29) is 0 Å². The number of hydrogen-bond donors (Lipinski definition) is 1. The molecule has 1 aromatic carbocycles. The zero-order valence-electron chi connectivity index (χ0n) is 20.0. The Kier molecular flexibility index (Phi) is 6.18. The zero-order valence-corrected chi connectivity index (χ0v) is 20.8. The zero-order chi connectivity index (χ0) is 22.9. The topological polar surface area (TPSA) is 44.0 Å². The Morgan fingerprint density at radius 2 is 2.00 bits per heavy atom. The van der Waals surface area contributed by atoms with E-state index in [0.717, 1.165) is 56.9 Å². The predicted molar refractivity (Wildman–Crippen MR) is 140 cm³/mol. The molecule has 0 unspecified atom stereocenters. The van der Waals surface area contributed by atoms with Gasteiger partial charge in [-0.2, -0.15) is 0 Å². The second-order valence-corrected chi connectivity index (χ2v) is 10.8. The van der Waals surface area contributed by atoms with Gasteiger partial charge >= 0.3 is 0 Å². The monoisotopic (exact) mass is 474 g/mol. The molecule has 1 aliphatic heterocycles. The molecule has 0 spiro atoms. The summed E-state index contributed by atoms with van der Waals surface area (Å²) in [5, 5.41) is 5.58. The molecule has 6 heteroatoms. The lowest BCUT2D eigenvalue weighted by Gasteiger charge is -2.24. The average Bonchev–Trinajstić information content (AvgIpc) is 3.50. The van der Waals surface area contributed by atoms with Crippen LogP contribution in [0.5, 0.6) is 5.75 Å². The molecule has 3 aromatic heterocycles. The molecule has 1 aliphatic carbocycles. The van der Waals surface area contributed by atoms with E-state index < -0.39 is 0 Å². The first-order valence-electron chi connectivity index (χ1n) is 12.8. The molecule has 2 fully saturated rings. The van der Waals surface area contributed by atoms with Gasteiger partial charge in [0.15, 0.2) is 5.82 Å². The molecule has 34 heavy (non-hydrogen) atoms. The quantitative estimate of drug-likeness (QED) is 0.334. The van der Waals surface area contributed by atoms with Crippen LogP contribution in [0.25, 0.3) is 21.7 Å². The first kappa shape index (κ1) is 21.9. The molecule has 4 aromatic rings. The summed E-state index contributed by atoms with van der Waals surface area (Å²) in [6.07, 6.45) is 10.9. The van der Waals surface area contributed by atoms with Crippen molar-refractivity contribution in [3.63, 3.8) is 0 Å². The van der Waals surface area contributed by atoms with E-state index in [0.29, 0.717) is 12.0 Å². The van der Waals surface area contributed by atoms with E-state index in [9.17, 15) is 0 Å². The minimum atomic E-state index is 0.342. The van der Waals surface area contributed by atoms with Crippen LogP contribution in [0.4, 0.5) is 0 Å². The van der Waals surface area contributed by atoms with Crippen molar-refractivity contribution in [2.45, 2.75) is 63.5 Å². The van der Waals surface area contributed by atoms with Crippen LogP contribution in [0, 0.1) is 0 Å². The summed E-state index contributed by atoms with van der Waals surface area (Å²) in [5.74, 6) is 2.78. The molecule has 0 atom stereocenters. The Balaban J connectivity index is 1.17. The minimum Gasteiger partial charge on any atom is -0.490 e. The summed E-state index contributed by atoms with van der Waals surface area (Å²) in [7, 11) is 2.17. The Morgan fingerprint density at radius 1 is 1.12 bits per heavy atom. The highest BCUT2D eigenvalue weighted by atomic mass is 32.1. The van der Waals surface area contributed by atoms with Gasteiger partial charge in [0, 0.05) is 25.7 Å². The minimum absolute atomic E-state index is 0.342. The number of nitrogens with zero attached hydrogens (tertiary/aromatic N) is 3. The molecule has 1 saturated heterocycles. The van der Waals surface area contributed by atoms with Gasteiger partial charge in [-0.25, -0.2) is 4.98 Å². The summed E-state index contributed by atoms with van der Waals surface area (Å²) in [6, 6.07) is 13.2. The van der Waals surface area contributed by atoms with Crippen LogP contribution in [0.3, 0.4) is 0 Å². The number of thiophene rings is 1. The van der Waals surface area contributed by atoms with Crippen molar-refractivity contribution in [1.82, 2.24) is 19.4 Å². The smallest absolute Gasteiger partial charge is 0.157 e. The Hall–Kier alpha value is -2.57. The molecular formula is C28H34N4OS. The van der Waals surface area contributed by atoms with E-state index in [1.54, 1.807) is 0 Å². The predicted octanol–water partition coefficient (Wildman–Crippen LogP) is 6.13. The van der Waals surface area contributed by atoms with Gasteiger partial charge in [0.2, 0.25) is 0 Å². The average molecular weight is 475 g/mol. The van der Waals surface area contributed by atoms with Crippen LogP contribution in [0.1, 0.15) is 55.7 Å². The third-order valence-corrected chi connectivity index (χ3v) is 8.42. The molecule has 2 aliphatic rings. The largest absolute Gasteiger partial charge is 0.490 e. The highest BCUT2D eigenvalue weighted by Crippen LogP contribution is 2.38. The summed E-state index contributed by atoms with van der Waals surface area (Å²) in [5.41, 5.74) is 5.16. The Bertz CT molecular complexity index is 1260. The van der Waals surface area contributed by atoms with Gasteiger partial charge in [-0.15, -0.1) is 11.3 Å². The number of aryl methyl sites for hydroxylation is 3. The lowest BCUT2D eigenvalue weighted by atomic mass is 9.83. The molecule has 0 radical (unpaired) electrons. The van der Waals surface area contributed by atoms with Crippen molar-refractivity contribution >= 4 is 21.6 Å². The number of fused-ring (bicyclic) bond motifs is 1. The lowest BCUT2D eigenvalue weighted by molar-refractivity contribution is 0.162. The number of nitrogens with one attached hydrogen (secondary N) is 1. The van der Waals surface area contributed by atoms with Gasteiger partial charge in [0.25, 0.3) is 0 Å². The van der Waals surface area contributed by atoms with Crippen LogP contribution in [0.15, 0.2) is 48.0 Å². The van der Waals surface area contributed by atoms with Crippen molar-refractivity contribution in [2.75, 3.05) is 13.1 Å². The third kappa shape index (κ3) is 4.41. The van der Waals surface area contributed by atoms with Crippen LogP contribution in [-0.2, 0) is 20.0 Å². The SMILES string of the molecule is Cn1c(-c2nc(C3CCC3)cn2CCCc2cccc(OC3CCNCC3)c2)cc2sccc21. The van der Waals surface area contributed by atoms with Crippen molar-refractivity contribution in [2.24, 2.45) is 7.05 Å². The first-order chi connectivity index (χ1) is 16.7. The normalized spacial score (nSPS) is 17.3. The number of aromatic nitrogens is 3. The maximum Gasteiger partial charge on any atom is 0.157 e. The van der Waals surface area contributed by atoms with E-state index in [1.807, 2.05) is 11.3 Å². The molecule has 178 valence electrons. The van der Waals surface area contributed by atoms with Gasteiger partial charge in [-0.1, -0.05) is 18.6 Å². The number of ether oxygens (including phenoxy) is 1. The van der Waals surface area contributed by atoms with Crippen LogP contribution >= 0.6 is 11.3 Å². The maximum atomic E-state index is 6.26. The highest BCUT2D eigenvalue weighted by molar-refractivity contribution is 7.17. The Labute approximate surface area is 205 Å². The van der Waals surface area contributed by atoms with Gasteiger partial charge in [0.1, 0.15) is 11.9 Å². The van der Waals surface area contributed by atoms with Crippen molar-refractivity contribution in [3.8, 4) is 17.3 Å². The molecule has 1 saturated carbocycles. The number of rotatable bonds is 8. The number of benzene rings is 1. The number of imidazole rings is 1. The highest BCUT2D eigenvalue weighted by Gasteiger charge is 2.25. The lowest BCUT2D eigenvalue weighted by Crippen LogP contribution is -2.34. The second-order valence-electron chi connectivity index (χ2n) is 9.89. The van der Waals surface area contributed by atoms with E-state index in [4.69, 9.17) is 9.72 Å². The summed E-state index contributed by atoms with van der Waals surface area (Å²) in [4.78, 5) is 5.16. The van der Waals surface area contributed by atoms with Crippen LogP contribution in [-0.4, -0.2) is 33.3 Å². The number of hydrogen-bond acceptors (Lipinski definition) is 4. The van der Waals surface area contributed by atoms with E-state index >= 15 is 0 Å². The van der Waals surface area contributed by atoms with E-state index in [2.05, 4.69) is 69.5 Å². The number of piperidine rings is 1. The van der Waals surface area contributed by atoms with E-state index in [1.165, 1.54) is 46.4 Å². The molecule has 0 bridgehead atoms. The van der Waals surface area contributed by atoms with Crippen LogP contribution < -0.4 is 10.1 Å². The van der Waals surface area contributed by atoms with Crippen molar-refractivity contribution in [3.05, 3.63) is 59.2 Å². The second kappa shape index (κ2) is 9.59. The van der Waals surface area contributed by atoms with Gasteiger partial charge in [-0.05, 0) is 86.8 Å². The summed E-state index contributed by atoms with van der Waals surface area (Å²) >= 11 is 1.81. The van der Waals surface area contributed by atoms with Crippen LogP contribution in [0.2, 0.25) is 0 Å². The Morgan fingerprint density at radius 3 is 2.79 bits per heavy atom. The van der Waals surface area contributed by atoms with Gasteiger partial charge < -0.3 is 19.2 Å². The molecule has 0 amide bonds. The first-order valence-corrected chi connectivity index (χ1v) is 13.7. The molecular weight excluding hydrogens is 440 g/mol. The fourth-order valence-electron chi connectivity index (χ4n) is 5.31. The van der Waals surface area contributed by atoms with Crippen molar-refractivity contribution < 1.29 is 4.74 Å². The molecule has 5 nitrogen and oxygen atoms in total. The maximum absolute atomic E-state index is 6.26. The van der Waals surface area contributed by atoms with Gasteiger partial charge in [0.05, 0.1) is 21.6 Å². The summed E-state index contributed by atoms with van der Waals surface area (Å²) < 4.78 is 12.3. The fourth-order valence-corrected chi connectivity index (χ4v) is 6.16. The van der Waals surface area contributed by atoms with Gasteiger partial charge in [-0.3, -0.25) is 0 Å². The molecule has 4 heterocycles.